The Kier molecular flexibility index (Phi) is 5.39. The largest absolute Gasteiger partial charge is 0.507 e. The van der Waals surface area contributed by atoms with Crippen LogP contribution in [0.15, 0.2) is 41.3 Å². The van der Waals surface area contributed by atoms with Crippen LogP contribution < -0.4 is 9.47 Å². The van der Waals surface area contributed by atoms with Gasteiger partial charge in [0, 0.05) is 36.6 Å². The van der Waals surface area contributed by atoms with E-state index < -0.39 is 17.7 Å². The third-order valence-electron chi connectivity index (χ3n) is 5.76. The molecule has 9 heteroatoms. The van der Waals surface area contributed by atoms with Gasteiger partial charge in [0.25, 0.3) is 11.7 Å². The molecule has 0 aliphatic carbocycles. The van der Waals surface area contributed by atoms with Crippen LogP contribution in [0, 0.1) is 0 Å². The summed E-state index contributed by atoms with van der Waals surface area (Å²) in [5.74, 6) is -0.385. The van der Waals surface area contributed by atoms with Gasteiger partial charge in [0.05, 0.1) is 24.8 Å². The summed E-state index contributed by atoms with van der Waals surface area (Å²) >= 11 is 1.46. The number of likely N-dealkylation sites (tertiary alicyclic amines) is 1. The van der Waals surface area contributed by atoms with Gasteiger partial charge in [-0.05, 0) is 29.6 Å². The molecule has 1 amide bonds. The molecule has 31 heavy (non-hydrogen) atoms. The van der Waals surface area contributed by atoms with E-state index in [-0.39, 0.29) is 18.1 Å². The van der Waals surface area contributed by atoms with E-state index in [4.69, 9.17) is 14.2 Å². The van der Waals surface area contributed by atoms with Crippen LogP contribution in [0.1, 0.15) is 16.5 Å². The van der Waals surface area contributed by atoms with Gasteiger partial charge in [0.15, 0.2) is 11.5 Å². The van der Waals surface area contributed by atoms with Crippen molar-refractivity contribution in [2.24, 2.45) is 0 Å². The van der Waals surface area contributed by atoms with Crippen LogP contribution >= 0.6 is 11.3 Å². The first kappa shape index (κ1) is 20.0. The second-order valence-electron chi connectivity index (χ2n) is 7.53. The molecule has 2 aromatic rings. The summed E-state index contributed by atoms with van der Waals surface area (Å²) in [6, 6.07) is 8.12. The number of Topliss-reactive ketones (excluding diaryl/α,β-unsaturated/α-hetero) is 1. The first-order valence-electron chi connectivity index (χ1n) is 10.2. The van der Waals surface area contributed by atoms with Gasteiger partial charge in [-0.3, -0.25) is 14.5 Å². The number of hydrogen-bond acceptors (Lipinski definition) is 8. The predicted octanol–water partition coefficient (Wildman–Crippen LogP) is 2.23. The highest BCUT2D eigenvalue weighted by Crippen LogP contribution is 2.42. The topological polar surface area (TPSA) is 88.5 Å². The zero-order valence-corrected chi connectivity index (χ0v) is 17.6. The van der Waals surface area contributed by atoms with Gasteiger partial charge in [0.1, 0.15) is 5.76 Å². The SMILES string of the molecule is O=C1C(=O)N(CCN2CCOCC2)C(c2cccs2)C1=C(O)c1ccc2c(c1)OCO2. The highest BCUT2D eigenvalue weighted by atomic mass is 32.1. The number of thiophene rings is 1. The molecule has 0 saturated carbocycles. The number of benzene rings is 1. The average Bonchev–Trinajstić information content (AvgIpc) is 3.53. The Balaban J connectivity index is 1.50. The molecule has 8 nitrogen and oxygen atoms in total. The van der Waals surface area contributed by atoms with Gasteiger partial charge in [-0.1, -0.05) is 6.07 Å². The Hall–Kier alpha value is -2.88. The van der Waals surface area contributed by atoms with Crippen molar-refractivity contribution in [3.8, 4) is 11.5 Å². The fourth-order valence-electron chi connectivity index (χ4n) is 4.13. The monoisotopic (exact) mass is 442 g/mol. The van der Waals surface area contributed by atoms with Gasteiger partial charge < -0.3 is 24.2 Å². The molecule has 1 aromatic carbocycles. The maximum Gasteiger partial charge on any atom is 0.295 e. The third kappa shape index (κ3) is 3.69. The molecule has 0 bridgehead atoms. The van der Waals surface area contributed by atoms with Crippen LogP contribution in [-0.4, -0.2) is 72.8 Å². The summed E-state index contributed by atoms with van der Waals surface area (Å²) < 4.78 is 16.1. The minimum absolute atomic E-state index is 0.105. The molecule has 2 saturated heterocycles. The zero-order chi connectivity index (χ0) is 21.4. The number of morpholine rings is 1. The van der Waals surface area contributed by atoms with E-state index in [0.717, 1.165) is 18.0 Å². The molecule has 1 atom stereocenters. The van der Waals surface area contributed by atoms with E-state index >= 15 is 0 Å². The number of aliphatic hydroxyl groups excluding tert-OH is 1. The van der Waals surface area contributed by atoms with E-state index in [1.165, 1.54) is 11.3 Å². The van der Waals surface area contributed by atoms with Crippen molar-refractivity contribution in [1.29, 1.82) is 0 Å². The minimum atomic E-state index is -0.671. The molecule has 2 fully saturated rings. The Morgan fingerprint density at radius 1 is 1.10 bits per heavy atom. The number of aliphatic hydroxyl groups is 1. The fourth-order valence-corrected chi connectivity index (χ4v) is 4.97. The van der Waals surface area contributed by atoms with Crippen LogP contribution in [0.2, 0.25) is 0 Å². The number of carbonyl (C=O) groups excluding carboxylic acids is 2. The van der Waals surface area contributed by atoms with E-state index in [2.05, 4.69) is 4.90 Å². The van der Waals surface area contributed by atoms with Crippen molar-refractivity contribution in [1.82, 2.24) is 9.80 Å². The van der Waals surface area contributed by atoms with Crippen molar-refractivity contribution in [3.05, 3.63) is 51.7 Å². The van der Waals surface area contributed by atoms with Crippen molar-refractivity contribution < 1.29 is 28.9 Å². The van der Waals surface area contributed by atoms with Crippen molar-refractivity contribution in [3.63, 3.8) is 0 Å². The van der Waals surface area contributed by atoms with E-state index in [9.17, 15) is 14.7 Å². The summed E-state index contributed by atoms with van der Waals surface area (Å²) in [6.45, 7) is 4.07. The van der Waals surface area contributed by atoms with Gasteiger partial charge in [-0.2, -0.15) is 0 Å². The molecule has 1 aromatic heterocycles. The average molecular weight is 442 g/mol. The summed E-state index contributed by atoms with van der Waals surface area (Å²) in [4.78, 5) is 30.6. The number of ketones is 1. The number of amides is 1. The molecule has 162 valence electrons. The number of nitrogens with zero attached hydrogens (tertiary/aromatic N) is 2. The standard InChI is InChI=1S/C22H22N2O6S/c25-20(14-3-4-15-16(12-14)30-13-29-15)18-19(17-2-1-11-31-17)24(22(27)21(18)26)6-5-23-7-9-28-10-8-23/h1-4,11-12,19,25H,5-10,13H2. The van der Waals surface area contributed by atoms with Gasteiger partial charge in [0.2, 0.25) is 6.79 Å². The second kappa shape index (κ2) is 8.33. The van der Waals surface area contributed by atoms with Crippen LogP contribution in [0.3, 0.4) is 0 Å². The highest BCUT2D eigenvalue weighted by molar-refractivity contribution is 7.10. The minimum Gasteiger partial charge on any atom is -0.507 e. The first-order valence-corrected chi connectivity index (χ1v) is 11.0. The lowest BCUT2D eigenvalue weighted by Gasteiger charge is -2.30. The Bertz CT molecular complexity index is 1030. The molecule has 0 radical (unpaired) electrons. The lowest BCUT2D eigenvalue weighted by molar-refractivity contribution is -0.140. The zero-order valence-electron chi connectivity index (χ0n) is 16.8. The van der Waals surface area contributed by atoms with Gasteiger partial charge in [-0.15, -0.1) is 11.3 Å². The van der Waals surface area contributed by atoms with E-state index in [1.807, 2.05) is 17.5 Å². The number of rotatable bonds is 5. The number of carbonyl (C=O) groups is 2. The molecule has 3 aliphatic rings. The van der Waals surface area contributed by atoms with Crippen LogP contribution in [0.25, 0.3) is 5.76 Å². The molecule has 5 rings (SSSR count). The predicted molar refractivity (Wildman–Crippen MR) is 113 cm³/mol. The van der Waals surface area contributed by atoms with E-state index in [0.29, 0.717) is 43.4 Å². The van der Waals surface area contributed by atoms with Crippen molar-refractivity contribution in [2.45, 2.75) is 6.04 Å². The van der Waals surface area contributed by atoms with Crippen LogP contribution in [0.4, 0.5) is 0 Å². The molecule has 1 N–H and O–H groups in total. The van der Waals surface area contributed by atoms with E-state index in [1.54, 1.807) is 23.1 Å². The lowest BCUT2D eigenvalue weighted by atomic mass is 9.99. The number of ether oxygens (including phenoxy) is 3. The Morgan fingerprint density at radius 2 is 1.90 bits per heavy atom. The quantitative estimate of drug-likeness (QED) is 0.432. The van der Waals surface area contributed by atoms with Crippen molar-refractivity contribution >= 4 is 28.8 Å². The third-order valence-corrected chi connectivity index (χ3v) is 6.68. The molecule has 4 heterocycles. The number of hydrogen-bond donors (Lipinski definition) is 1. The highest BCUT2D eigenvalue weighted by Gasteiger charge is 2.46. The number of fused-ring (bicyclic) bond motifs is 1. The van der Waals surface area contributed by atoms with Crippen LogP contribution in [-0.2, 0) is 14.3 Å². The molecular weight excluding hydrogens is 420 g/mol. The molecule has 1 unspecified atom stereocenters. The Morgan fingerprint density at radius 3 is 2.68 bits per heavy atom. The van der Waals surface area contributed by atoms with Crippen molar-refractivity contribution in [2.75, 3.05) is 46.2 Å². The smallest absolute Gasteiger partial charge is 0.295 e. The molecule has 0 spiro atoms. The molecular formula is C22H22N2O6S. The summed E-state index contributed by atoms with van der Waals surface area (Å²) in [6.07, 6.45) is 0. The van der Waals surface area contributed by atoms with Crippen LogP contribution in [0.5, 0.6) is 11.5 Å². The van der Waals surface area contributed by atoms with Gasteiger partial charge in [-0.25, -0.2) is 0 Å². The summed E-state index contributed by atoms with van der Waals surface area (Å²) in [5.41, 5.74) is 0.519. The normalized spacial score (nSPS) is 23.0. The first-order chi connectivity index (χ1) is 15.1. The fraction of sp³-hybridized carbons (Fsp3) is 0.364. The summed E-state index contributed by atoms with van der Waals surface area (Å²) in [7, 11) is 0. The van der Waals surface area contributed by atoms with Gasteiger partial charge >= 0.3 is 0 Å². The molecule has 3 aliphatic heterocycles. The maximum absolute atomic E-state index is 13.0. The summed E-state index contributed by atoms with van der Waals surface area (Å²) in [5, 5.41) is 13.0. The maximum atomic E-state index is 13.0. The Labute approximate surface area is 183 Å². The second-order valence-corrected chi connectivity index (χ2v) is 8.51. The lowest BCUT2D eigenvalue weighted by Crippen LogP contribution is -2.42.